The van der Waals surface area contributed by atoms with E-state index in [0.29, 0.717) is 18.2 Å². The first-order valence-electron chi connectivity index (χ1n) is 6.79. The van der Waals surface area contributed by atoms with E-state index in [2.05, 4.69) is 48.5 Å². The second kappa shape index (κ2) is 6.66. The van der Waals surface area contributed by atoms with Crippen LogP contribution in [0.1, 0.15) is 31.7 Å². The zero-order chi connectivity index (χ0) is 13.0. The van der Waals surface area contributed by atoms with Gasteiger partial charge in [0.1, 0.15) is 0 Å². The summed E-state index contributed by atoms with van der Waals surface area (Å²) >= 11 is 1.81. The summed E-state index contributed by atoms with van der Waals surface area (Å²) in [5, 5.41) is 5.70. The molecule has 18 heavy (non-hydrogen) atoms. The fraction of sp³-hybridized carbons (Fsp3) is 0.714. The largest absolute Gasteiger partial charge is 0.374 e. The van der Waals surface area contributed by atoms with Crippen LogP contribution >= 0.6 is 11.3 Å². The van der Waals surface area contributed by atoms with Crippen LogP contribution in [0, 0.1) is 0 Å². The Morgan fingerprint density at radius 2 is 2.33 bits per heavy atom. The van der Waals surface area contributed by atoms with Gasteiger partial charge in [0.15, 0.2) is 0 Å². The molecule has 3 nitrogen and oxygen atoms in total. The van der Waals surface area contributed by atoms with Crippen LogP contribution in [0.2, 0.25) is 0 Å². The van der Waals surface area contributed by atoms with Crippen molar-refractivity contribution in [1.29, 1.82) is 0 Å². The van der Waals surface area contributed by atoms with Crippen molar-refractivity contribution in [2.24, 2.45) is 0 Å². The minimum Gasteiger partial charge on any atom is -0.374 e. The van der Waals surface area contributed by atoms with E-state index in [4.69, 9.17) is 4.74 Å². The van der Waals surface area contributed by atoms with Gasteiger partial charge in [0, 0.05) is 36.6 Å². The van der Waals surface area contributed by atoms with Gasteiger partial charge < -0.3 is 10.1 Å². The lowest BCUT2D eigenvalue weighted by atomic mass is 10.2. The van der Waals surface area contributed by atoms with E-state index in [-0.39, 0.29) is 0 Å². The summed E-state index contributed by atoms with van der Waals surface area (Å²) in [6.45, 7) is 10.6. The maximum absolute atomic E-state index is 5.83. The van der Waals surface area contributed by atoms with Gasteiger partial charge in [-0.25, -0.2) is 0 Å². The summed E-state index contributed by atoms with van der Waals surface area (Å²) in [7, 11) is 0. The lowest BCUT2D eigenvalue weighted by molar-refractivity contribution is -0.0379. The van der Waals surface area contributed by atoms with Crippen molar-refractivity contribution in [2.45, 2.75) is 39.0 Å². The van der Waals surface area contributed by atoms with Gasteiger partial charge in [-0.2, -0.15) is 0 Å². The Bertz CT molecular complexity index is 340. The molecule has 0 spiro atoms. The molecule has 1 aromatic heterocycles. The Hall–Kier alpha value is -0.420. The Balaban J connectivity index is 1.76. The second-order valence-corrected chi connectivity index (χ2v) is 6.21. The molecule has 102 valence electrons. The first-order chi connectivity index (χ1) is 8.66. The molecule has 0 amide bonds. The molecule has 0 radical (unpaired) electrons. The van der Waals surface area contributed by atoms with E-state index in [0.717, 1.165) is 26.2 Å². The molecular formula is C14H24N2OS. The second-order valence-electron chi connectivity index (χ2n) is 5.23. The number of nitrogens with one attached hydrogen (secondary N) is 1. The average molecular weight is 268 g/mol. The molecule has 0 aliphatic carbocycles. The third kappa shape index (κ3) is 3.79. The van der Waals surface area contributed by atoms with Gasteiger partial charge >= 0.3 is 0 Å². The number of nitrogens with zero attached hydrogens (tertiary/aromatic N) is 1. The number of morpholine rings is 1. The van der Waals surface area contributed by atoms with Crippen molar-refractivity contribution in [3.8, 4) is 0 Å². The van der Waals surface area contributed by atoms with Crippen LogP contribution in [-0.2, 0) is 4.74 Å². The standard InChI is InChI=1S/C14H24N2OS/c1-11(2)16-6-7-17-13(10-16)9-15-12(3)14-5-4-8-18-14/h4-5,8,11-13,15H,6-7,9-10H2,1-3H3/t12-,13?/m0/s1. The number of thiophene rings is 1. The number of hydrogen-bond acceptors (Lipinski definition) is 4. The van der Waals surface area contributed by atoms with E-state index < -0.39 is 0 Å². The first-order valence-corrected chi connectivity index (χ1v) is 7.67. The molecule has 0 aromatic carbocycles. The van der Waals surface area contributed by atoms with Crippen LogP contribution in [0.15, 0.2) is 17.5 Å². The monoisotopic (exact) mass is 268 g/mol. The van der Waals surface area contributed by atoms with Crippen molar-refractivity contribution < 1.29 is 4.74 Å². The topological polar surface area (TPSA) is 24.5 Å². The fourth-order valence-electron chi connectivity index (χ4n) is 2.28. The predicted molar refractivity (Wildman–Crippen MR) is 77.2 cm³/mol. The smallest absolute Gasteiger partial charge is 0.0827 e. The molecule has 1 saturated heterocycles. The van der Waals surface area contributed by atoms with Gasteiger partial charge in [-0.15, -0.1) is 11.3 Å². The van der Waals surface area contributed by atoms with Crippen molar-refractivity contribution in [2.75, 3.05) is 26.2 Å². The Morgan fingerprint density at radius 3 is 3.00 bits per heavy atom. The van der Waals surface area contributed by atoms with E-state index in [1.54, 1.807) is 0 Å². The molecule has 1 unspecified atom stereocenters. The van der Waals surface area contributed by atoms with Crippen molar-refractivity contribution in [3.05, 3.63) is 22.4 Å². The van der Waals surface area contributed by atoms with Gasteiger partial charge in [0.2, 0.25) is 0 Å². The van der Waals surface area contributed by atoms with Crippen molar-refractivity contribution in [1.82, 2.24) is 10.2 Å². The highest BCUT2D eigenvalue weighted by Crippen LogP contribution is 2.18. The number of rotatable bonds is 5. The third-order valence-electron chi connectivity index (χ3n) is 3.52. The summed E-state index contributed by atoms with van der Waals surface area (Å²) in [6.07, 6.45) is 0.323. The summed E-state index contributed by atoms with van der Waals surface area (Å²) in [4.78, 5) is 3.89. The molecule has 4 heteroatoms. The van der Waals surface area contributed by atoms with Crippen LogP contribution in [-0.4, -0.2) is 43.3 Å². The molecule has 1 aromatic rings. The van der Waals surface area contributed by atoms with E-state index in [1.165, 1.54) is 4.88 Å². The van der Waals surface area contributed by atoms with Crippen LogP contribution in [0.5, 0.6) is 0 Å². The fourth-order valence-corrected chi connectivity index (χ4v) is 3.04. The molecular weight excluding hydrogens is 244 g/mol. The zero-order valence-corrected chi connectivity index (χ0v) is 12.4. The molecule has 1 aliphatic rings. The molecule has 1 N–H and O–H groups in total. The Labute approximate surface area is 114 Å². The van der Waals surface area contributed by atoms with Crippen molar-refractivity contribution >= 4 is 11.3 Å². The molecule has 2 atom stereocenters. The highest BCUT2D eigenvalue weighted by atomic mass is 32.1. The highest BCUT2D eigenvalue weighted by Gasteiger charge is 2.22. The number of ether oxygens (including phenoxy) is 1. The average Bonchev–Trinajstić information content (AvgIpc) is 2.90. The van der Waals surface area contributed by atoms with E-state index in [9.17, 15) is 0 Å². The zero-order valence-electron chi connectivity index (χ0n) is 11.6. The predicted octanol–water partition coefficient (Wildman–Crippen LogP) is 2.51. The minimum absolute atomic E-state index is 0.323. The van der Waals surface area contributed by atoms with Gasteiger partial charge in [0.05, 0.1) is 12.7 Å². The summed E-state index contributed by atoms with van der Waals surface area (Å²) in [5.41, 5.74) is 0. The third-order valence-corrected chi connectivity index (χ3v) is 4.58. The maximum Gasteiger partial charge on any atom is 0.0827 e. The molecule has 0 saturated carbocycles. The SMILES string of the molecule is CC(C)N1CCOC(CN[C@@H](C)c2cccs2)C1. The summed E-state index contributed by atoms with van der Waals surface area (Å²) < 4.78 is 5.83. The van der Waals surface area contributed by atoms with Crippen molar-refractivity contribution in [3.63, 3.8) is 0 Å². The summed E-state index contributed by atoms with van der Waals surface area (Å²) in [6, 6.07) is 5.33. The quantitative estimate of drug-likeness (QED) is 0.888. The lowest BCUT2D eigenvalue weighted by Gasteiger charge is -2.36. The Morgan fingerprint density at radius 1 is 1.50 bits per heavy atom. The van der Waals surface area contributed by atoms with Crippen LogP contribution in [0.3, 0.4) is 0 Å². The van der Waals surface area contributed by atoms with Gasteiger partial charge in [0.25, 0.3) is 0 Å². The summed E-state index contributed by atoms with van der Waals surface area (Å²) in [5.74, 6) is 0. The molecule has 2 rings (SSSR count). The maximum atomic E-state index is 5.83. The van der Waals surface area contributed by atoms with E-state index in [1.807, 2.05) is 11.3 Å². The Kier molecular flexibility index (Phi) is 5.18. The normalized spacial score (nSPS) is 23.4. The van der Waals surface area contributed by atoms with Crippen LogP contribution in [0.4, 0.5) is 0 Å². The van der Waals surface area contributed by atoms with Gasteiger partial charge in [-0.05, 0) is 32.2 Å². The van der Waals surface area contributed by atoms with Crippen LogP contribution < -0.4 is 5.32 Å². The molecule has 0 bridgehead atoms. The van der Waals surface area contributed by atoms with Gasteiger partial charge in [-0.1, -0.05) is 6.07 Å². The van der Waals surface area contributed by atoms with Crippen LogP contribution in [0.25, 0.3) is 0 Å². The molecule has 2 heterocycles. The highest BCUT2D eigenvalue weighted by molar-refractivity contribution is 7.10. The molecule has 1 aliphatic heterocycles. The molecule has 1 fully saturated rings. The number of hydrogen-bond donors (Lipinski definition) is 1. The lowest BCUT2D eigenvalue weighted by Crippen LogP contribution is -2.49. The van der Waals surface area contributed by atoms with Gasteiger partial charge in [-0.3, -0.25) is 4.90 Å². The first kappa shape index (κ1) is 14.0. The van der Waals surface area contributed by atoms with E-state index >= 15 is 0 Å². The minimum atomic E-state index is 0.323.